The summed E-state index contributed by atoms with van der Waals surface area (Å²) in [5, 5.41) is 2.67. The maximum atomic E-state index is 12.3. The van der Waals surface area contributed by atoms with Crippen LogP contribution in [-0.2, 0) is 11.3 Å². The van der Waals surface area contributed by atoms with Gasteiger partial charge in [0.15, 0.2) is 5.58 Å². The first-order valence-corrected chi connectivity index (χ1v) is 7.82. The molecule has 0 atom stereocenters. The van der Waals surface area contributed by atoms with Gasteiger partial charge in [0.2, 0.25) is 11.9 Å². The van der Waals surface area contributed by atoms with Gasteiger partial charge < -0.3 is 9.73 Å². The molecule has 4 aromatic rings. The lowest BCUT2D eigenvalue weighted by atomic mass is 10.3. The van der Waals surface area contributed by atoms with Crippen molar-refractivity contribution in [1.82, 2.24) is 24.1 Å². The van der Waals surface area contributed by atoms with Gasteiger partial charge in [-0.1, -0.05) is 12.1 Å². The maximum absolute atomic E-state index is 12.3. The van der Waals surface area contributed by atoms with Crippen LogP contribution in [0.5, 0.6) is 0 Å². The van der Waals surface area contributed by atoms with Crippen LogP contribution in [0.2, 0.25) is 0 Å². The number of aryl methyl sites for hydroxylation is 1. The van der Waals surface area contributed by atoms with Crippen molar-refractivity contribution in [3.8, 4) is 5.95 Å². The van der Waals surface area contributed by atoms with Crippen LogP contribution in [0.25, 0.3) is 17.0 Å². The minimum Gasteiger partial charge on any atom is -0.408 e. The van der Waals surface area contributed by atoms with Gasteiger partial charge in [0.05, 0.1) is 23.6 Å². The molecule has 4 rings (SSSR count). The number of oxazole rings is 1. The van der Waals surface area contributed by atoms with E-state index in [4.69, 9.17) is 4.42 Å². The minimum atomic E-state index is -0.580. The number of hydrogen-bond donors (Lipinski definition) is 1. The Morgan fingerprint density at radius 1 is 1.19 bits per heavy atom. The van der Waals surface area contributed by atoms with Crippen molar-refractivity contribution in [2.24, 2.45) is 0 Å². The molecule has 0 aliphatic carbocycles. The van der Waals surface area contributed by atoms with Crippen LogP contribution in [0.4, 0.5) is 5.69 Å². The van der Waals surface area contributed by atoms with Crippen LogP contribution < -0.4 is 11.1 Å². The van der Waals surface area contributed by atoms with E-state index in [0.29, 0.717) is 22.7 Å². The molecule has 0 unspecified atom stereocenters. The second kappa shape index (κ2) is 6.28. The second-order valence-corrected chi connectivity index (χ2v) is 5.59. The molecule has 0 aliphatic heterocycles. The predicted octanol–water partition coefficient (Wildman–Crippen LogP) is 1.52. The topological polar surface area (TPSA) is 108 Å². The molecular formula is C17H14N6O3. The first-order valence-electron chi connectivity index (χ1n) is 7.82. The Morgan fingerprint density at radius 3 is 2.69 bits per heavy atom. The third-order valence-corrected chi connectivity index (χ3v) is 3.84. The number of nitrogens with one attached hydrogen (secondary N) is 1. The summed E-state index contributed by atoms with van der Waals surface area (Å²) in [6.07, 6.45) is 6.40. The van der Waals surface area contributed by atoms with Crippen molar-refractivity contribution in [2.45, 2.75) is 13.5 Å². The molecule has 0 saturated heterocycles. The van der Waals surface area contributed by atoms with Crippen LogP contribution in [-0.4, -0.2) is 30.0 Å². The van der Waals surface area contributed by atoms with E-state index < -0.39 is 5.76 Å². The second-order valence-electron chi connectivity index (χ2n) is 5.59. The Bertz CT molecular complexity index is 1140. The van der Waals surface area contributed by atoms with Gasteiger partial charge in [-0.05, 0) is 19.1 Å². The maximum Gasteiger partial charge on any atom is 0.420 e. The molecular weight excluding hydrogens is 336 g/mol. The largest absolute Gasteiger partial charge is 0.420 e. The summed E-state index contributed by atoms with van der Waals surface area (Å²) in [6.45, 7) is 1.67. The minimum absolute atomic E-state index is 0.168. The predicted molar refractivity (Wildman–Crippen MR) is 93.0 cm³/mol. The number of para-hydroxylation sites is 2. The summed E-state index contributed by atoms with van der Waals surface area (Å²) >= 11 is 0. The first-order chi connectivity index (χ1) is 12.6. The number of anilines is 1. The van der Waals surface area contributed by atoms with E-state index in [2.05, 4.69) is 20.3 Å². The normalized spacial score (nSPS) is 11.0. The summed E-state index contributed by atoms with van der Waals surface area (Å²) in [5.74, 6) is 0.250. The number of rotatable bonds is 4. The fraction of sp³-hybridized carbons (Fsp3) is 0.118. The zero-order valence-electron chi connectivity index (χ0n) is 13.8. The number of imidazole rings is 1. The fourth-order valence-corrected chi connectivity index (χ4v) is 2.61. The van der Waals surface area contributed by atoms with Crippen molar-refractivity contribution >= 4 is 22.7 Å². The molecule has 3 heterocycles. The zero-order chi connectivity index (χ0) is 18.1. The molecule has 0 radical (unpaired) electrons. The summed E-state index contributed by atoms with van der Waals surface area (Å²) in [7, 11) is 0. The molecule has 9 heteroatoms. The number of carbonyl (C=O) groups is 1. The molecule has 130 valence electrons. The monoisotopic (exact) mass is 350 g/mol. The molecule has 26 heavy (non-hydrogen) atoms. The number of amides is 1. The van der Waals surface area contributed by atoms with Crippen LogP contribution >= 0.6 is 0 Å². The average molecular weight is 350 g/mol. The SMILES string of the molecule is Cc1nccn1-c1ncc(NC(=O)Cn2c(=O)oc3ccccc32)cn1. The highest BCUT2D eigenvalue weighted by molar-refractivity contribution is 5.91. The summed E-state index contributed by atoms with van der Waals surface area (Å²) < 4.78 is 8.11. The molecule has 1 amide bonds. The highest BCUT2D eigenvalue weighted by atomic mass is 16.4. The third kappa shape index (κ3) is 2.86. The van der Waals surface area contributed by atoms with Crippen molar-refractivity contribution in [3.05, 3.63) is 65.4 Å². The molecule has 0 spiro atoms. The number of benzene rings is 1. The van der Waals surface area contributed by atoms with Gasteiger partial charge in [0, 0.05) is 12.4 Å². The van der Waals surface area contributed by atoms with Gasteiger partial charge in [-0.3, -0.25) is 13.9 Å². The summed E-state index contributed by atoms with van der Waals surface area (Å²) in [4.78, 5) is 36.7. The van der Waals surface area contributed by atoms with E-state index >= 15 is 0 Å². The van der Waals surface area contributed by atoms with E-state index in [1.165, 1.54) is 17.0 Å². The van der Waals surface area contributed by atoms with Crippen LogP contribution in [0.15, 0.2) is 58.3 Å². The molecule has 0 aliphatic rings. The number of hydrogen-bond acceptors (Lipinski definition) is 6. The van der Waals surface area contributed by atoms with Crippen molar-refractivity contribution in [2.75, 3.05) is 5.32 Å². The molecule has 3 aromatic heterocycles. The Balaban J connectivity index is 1.50. The molecule has 1 aromatic carbocycles. The molecule has 0 fully saturated rings. The van der Waals surface area contributed by atoms with Gasteiger partial charge >= 0.3 is 5.76 Å². The van der Waals surface area contributed by atoms with Crippen LogP contribution in [0, 0.1) is 6.92 Å². The standard InChI is InChI=1S/C17H14N6O3/c1-11-18-6-7-22(11)16-19-8-12(9-20-16)21-15(24)10-23-13-4-2-3-5-14(13)26-17(23)25/h2-9H,10H2,1H3,(H,21,24). The van der Waals surface area contributed by atoms with E-state index in [1.807, 2.05) is 6.92 Å². The van der Waals surface area contributed by atoms with Crippen molar-refractivity contribution < 1.29 is 9.21 Å². The molecule has 9 nitrogen and oxygen atoms in total. The summed E-state index contributed by atoms with van der Waals surface area (Å²) in [5.41, 5.74) is 1.43. The van der Waals surface area contributed by atoms with Gasteiger partial charge in [-0.2, -0.15) is 0 Å². The quantitative estimate of drug-likeness (QED) is 0.598. The van der Waals surface area contributed by atoms with Gasteiger partial charge in [0.1, 0.15) is 12.4 Å². The lowest BCUT2D eigenvalue weighted by molar-refractivity contribution is -0.116. The number of aromatic nitrogens is 5. The van der Waals surface area contributed by atoms with Gasteiger partial charge in [0.25, 0.3) is 0 Å². The smallest absolute Gasteiger partial charge is 0.408 e. The van der Waals surface area contributed by atoms with E-state index in [9.17, 15) is 9.59 Å². The highest BCUT2D eigenvalue weighted by Crippen LogP contribution is 2.12. The van der Waals surface area contributed by atoms with Crippen LogP contribution in [0.3, 0.4) is 0 Å². The van der Waals surface area contributed by atoms with Crippen molar-refractivity contribution in [1.29, 1.82) is 0 Å². The fourth-order valence-electron chi connectivity index (χ4n) is 2.61. The van der Waals surface area contributed by atoms with E-state index in [-0.39, 0.29) is 12.5 Å². The highest BCUT2D eigenvalue weighted by Gasteiger charge is 2.13. The van der Waals surface area contributed by atoms with Crippen LogP contribution in [0.1, 0.15) is 5.82 Å². The van der Waals surface area contributed by atoms with Crippen molar-refractivity contribution in [3.63, 3.8) is 0 Å². The lowest BCUT2D eigenvalue weighted by Gasteiger charge is -2.07. The zero-order valence-corrected chi connectivity index (χ0v) is 13.8. The lowest BCUT2D eigenvalue weighted by Crippen LogP contribution is -2.24. The Labute approximate surface area is 146 Å². The molecule has 0 saturated carbocycles. The first kappa shape index (κ1) is 15.8. The Kier molecular flexibility index (Phi) is 3.81. The van der Waals surface area contributed by atoms with Gasteiger partial charge in [-0.25, -0.2) is 19.7 Å². The molecule has 0 bridgehead atoms. The molecule has 1 N–H and O–H groups in total. The average Bonchev–Trinajstić information content (AvgIpc) is 3.19. The van der Waals surface area contributed by atoms with Gasteiger partial charge in [-0.15, -0.1) is 0 Å². The Hall–Kier alpha value is -3.75. The third-order valence-electron chi connectivity index (χ3n) is 3.84. The van der Waals surface area contributed by atoms with E-state index in [1.54, 1.807) is 41.2 Å². The summed E-state index contributed by atoms with van der Waals surface area (Å²) in [6, 6.07) is 6.93. The number of carbonyl (C=O) groups excluding carboxylic acids is 1. The number of nitrogens with zero attached hydrogens (tertiary/aromatic N) is 5. The Morgan fingerprint density at radius 2 is 1.96 bits per heavy atom. The number of fused-ring (bicyclic) bond motifs is 1. The van der Waals surface area contributed by atoms with E-state index in [0.717, 1.165) is 5.82 Å².